The lowest BCUT2D eigenvalue weighted by atomic mass is 10.2. The minimum absolute atomic E-state index is 0.0178. The molecule has 0 bridgehead atoms. The lowest BCUT2D eigenvalue weighted by molar-refractivity contribution is -0.122. The lowest BCUT2D eigenvalue weighted by Crippen LogP contribution is -2.44. The second-order valence-electron chi connectivity index (χ2n) is 5.70. The molecule has 2 aromatic rings. The van der Waals surface area contributed by atoms with Crippen LogP contribution in [0.4, 0.5) is 5.69 Å². The van der Waals surface area contributed by atoms with E-state index < -0.39 is 22.0 Å². The zero-order valence-electron chi connectivity index (χ0n) is 14.8. The van der Waals surface area contributed by atoms with Crippen molar-refractivity contribution in [2.45, 2.75) is 24.8 Å². The fourth-order valence-electron chi connectivity index (χ4n) is 2.21. The van der Waals surface area contributed by atoms with E-state index in [9.17, 15) is 18.0 Å². The van der Waals surface area contributed by atoms with Crippen LogP contribution in [0, 0.1) is 0 Å². The topological polar surface area (TPSA) is 104 Å². The Kier molecular flexibility index (Phi) is 6.81. The minimum Gasteiger partial charge on any atom is -0.355 e. The normalized spacial score (nSPS) is 12.1. The van der Waals surface area contributed by atoms with E-state index in [4.69, 9.17) is 11.6 Å². The highest BCUT2D eigenvalue weighted by molar-refractivity contribution is 7.92. The van der Waals surface area contributed by atoms with Crippen LogP contribution >= 0.6 is 11.6 Å². The fraction of sp³-hybridized carbons (Fsp3) is 0.222. The van der Waals surface area contributed by atoms with Gasteiger partial charge in [0.1, 0.15) is 6.04 Å². The Hall–Kier alpha value is -2.58. The summed E-state index contributed by atoms with van der Waals surface area (Å²) in [7, 11) is -3.85. The van der Waals surface area contributed by atoms with Gasteiger partial charge in [0.05, 0.1) is 15.6 Å². The van der Waals surface area contributed by atoms with Crippen molar-refractivity contribution in [3.8, 4) is 0 Å². The van der Waals surface area contributed by atoms with Crippen molar-refractivity contribution in [2.24, 2.45) is 0 Å². The summed E-state index contributed by atoms with van der Waals surface area (Å²) in [5.41, 5.74) is 0.500. The molecule has 2 aromatic carbocycles. The van der Waals surface area contributed by atoms with Crippen molar-refractivity contribution in [2.75, 3.05) is 11.3 Å². The molecule has 0 heterocycles. The molecule has 7 nitrogen and oxygen atoms in total. The first kappa shape index (κ1) is 20.7. The number of nitrogens with one attached hydrogen (secondary N) is 3. The molecule has 1 atom stereocenters. The van der Waals surface area contributed by atoms with Crippen molar-refractivity contribution in [3.63, 3.8) is 0 Å². The molecule has 0 aliphatic carbocycles. The third kappa shape index (κ3) is 5.45. The number of para-hydroxylation sites is 1. The zero-order valence-corrected chi connectivity index (χ0v) is 16.4. The molecule has 0 spiro atoms. The molecule has 0 aromatic heterocycles. The van der Waals surface area contributed by atoms with Gasteiger partial charge in [-0.05, 0) is 50.2 Å². The van der Waals surface area contributed by atoms with Crippen molar-refractivity contribution in [3.05, 3.63) is 59.1 Å². The lowest BCUT2D eigenvalue weighted by Gasteiger charge is -2.14. The molecule has 0 saturated carbocycles. The standard InChI is InChI=1S/C18H20ClN3O4S/c1-3-20-17(23)12(2)21-18(24)13-8-10-14(11-9-13)27(25,26)22-16-7-5-4-6-15(16)19/h4-12,22H,3H2,1-2H3,(H,20,23)(H,21,24)/t12-/m0/s1. The Bertz CT molecular complexity index is 930. The Morgan fingerprint density at radius 3 is 2.30 bits per heavy atom. The van der Waals surface area contributed by atoms with E-state index >= 15 is 0 Å². The van der Waals surface area contributed by atoms with E-state index in [1.54, 1.807) is 38.1 Å². The second-order valence-corrected chi connectivity index (χ2v) is 7.79. The van der Waals surface area contributed by atoms with E-state index in [1.807, 2.05) is 0 Å². The van der Waals surface area contributed by atoms with Crippen molar-refractivity contribution in [1.29, 1.82) is 0 Å². The third-order valence-corrected chi connectivity index (χ3v) is 5.35. The molecule has 144 valence electrons. The molecule has 27 heavy (non-hydrogen) atoms. The van der Waals surface area contributed by atoms with Crippen LogP contribution in [0.5, 0.6) is 0 Å². The van der Waals surface area contributed by atoms with Crippen LogP contribution in [-0.2, 0) is 14.8 Å². The second kappa shape index (κ2) is 8.88. The maximum Gasteiger partial charge on any atom is 0.261 e. The van der Waals surface area contributed by atoms with E-state index in [0.29, 0.717) is 6.54 Å². The first-order valence-electron chi connectivity index (χ1n) is 8.20. The smallest absolute Gasteiger partial charge is 0.261 e. The summed E-state index contributed by atoms with van der Waals surface area (Å²) >= 11 is 5.97. The number of amides is 2. The molecule has 0 aliphatic heterocycles. The molecule has 0 fully saturated rings. The van der Waals surface area contributed by atoms with Gasteiger partial charge in [-0.2, -0.15) is 0 Å². The van der Waals surface area contributed by atoms with Gasteiger partial charge in [0.15, 0.2) is 0 Å². The van der Waals surface area contributed by atoms with Crippen LogP contribution in [0.1, 0.15) is 24.2 Å². The molecule has 0 radical (unpaired) electrons. The number of rotatable bonds is 7. The molecule has 3 N–H and O–H groups in total. The van der Waals surface area contributed by atoms with E-state index in [1.165, 1.54) is 24.3 Å². The molecule has 0 saturated heterocycles. The molecule has 0 aliphatic rings. The van der Waals surface area contributed by atoms with Gasteiger partial charge in [0, 0.05) is 12.1 Å². The van der Waals surface area contributed by atoms with Crippen LogP contribution in [0.3, 0.4) is 0 Å². The summed E-state index contributed by atoms with van der Waals surface area (Å²) < 4.78 is 27.3. The van der Waals surface area contributed by atoms with Gasteiger partial charge in [0.2, 0.25) is 5.91 Å². The van der Waals surface area contributed by atoms with E-state index in [-0.39, 0.29) is 27.1 Å². The maximum atomic E-state index is 12.5. The summed E-state index contributed by atoms with van der Waals surface area (Å²) in [4.78, 5) is 23.8. The number of hydrogen-bond donors (Lipinski definition) is 3. The molecule has 9 heteroatoms. The summed E-state index contributed by atoms with van der Waals surface area (Å²) in [6.07, 6.45) is 0. The highest BCUT2D eigenvalue weighted by Gasteiger charge is 2.18. The van der Waals surface area contributed by atoms with Gasteiger partial charge < -0.3 is 10.6 Å². The predicted molar refractivity (Wildman–Crippen MR) is 104 cm³/mol. The van der Waals surface area contributed by atoms with Gasteiger partial charge in [-0.1, -0.05) is 23.7 Å². The quantitative estimate of drug-likeness (QED) is 0.653. The Morgan fingerprint density at radius 2 is 1.70 bits per heavy atom. The summed E-state index contributed by atoms with van der Waals surface area (Å²) in [6.45, 7) is 3.81. The first-order chi connectivity index (χ1) is 12.7. The van der Waals surface area contributed by atoms with Crippen LogP contribution in [-0.4, -0.2) is 32.8 Å². The van der Waals surface area contributed by atoms with Gasteiger partial charge >= 0.3 is 0 Å². The summed E-state index contributed by atoms with van der Waals surface area (Å²) in [5.74, 6) is -0.772. The minimum atomic E-state index is -3.85. The highest BCUT2D eigenvalue weighted by atomic mass is 35.5. The van der Waals surface area contributed by atoms with E-state index in [2.05, 4.69) is 15.4 Å². The van der Waals surface area contributed by atoms with Crippen molar-refractivity contribution in [1.82, 2.24) is 10.6 Å². The highest BCUT2D eigenvalue weighted by Crippen LogP contribution is 2.24. The summed E-state index contributed by atoms with van der Waals surface area (Å²) in [6, 6.07) is 11.1. The van der Waals surface area contributed by atoms with Crippen LogP contribution < -0.4 is 15.4 Å². The zero-order chi connectivity index (χ0) is 20.0. The first-order valence-corrected chi connectivity index (χ1v) is 10.1. The number of benzene rings is 2. The van der Waals surface area contributed by atoms with Crippen LogP contribution in [0.15, 0.2) is 53.4 Å². The van der Waals surface area contributed by atoms with Gasteiger partial charge in [-0.15, -0.1) is 0 Å². The monoisotopic (exact) mass is 409 g/mol. The molecular formula is C18H20ClN3O4S. The van der Waals surface area contributed by atoms with Gasteiger partial charge in [0.25, 0.3) is 15.9 Å². The molecule has 2 amide bonds. The third-order valence-electron chi connectivity index (χ3n) is 3.64. The number of likely N-dealkylation sites (N-methyl/N-ethyl adjacent to an activating group) is 1. The van der Waals surface area contributed by atoms with Crippen molar-refractivity contribution < 1.29 is 18.0 Å². The van der Waals surface area contributed by atoms with E-state index in [0.717, 1.165) is 0 Å². The number of halogens is 1. The Labute approximate surface area is 163 Å². The summed E-state index contributed by atoms with van der Waals surface area (Å²) in [5, 5.41) is 5.43. The van der Waals surface area contributed by atoms with Crippen molar-refractivity contribution >= 4 is 39.1 Å². The van der Waals surface area contributed by atoms with Gasteiger partial charge in [-0.25, -0.2) is 8.42 Å². The largest absolute Gasteiger partial charge is 0.355 e. The average molecular weight is 410 g/mol. The predicted octanol–water partition coefficient (Wildman–Crippen LogP) is 2.40. The van der Waals surface area contributed by atoms with Crippen LogP contribution in [0.2, 0.25) is 5.02 Å². The Morgan fingerprint density at radius 1 is 1.07 bits per heavy atom. The average Bonchev–Trinajstić information content (AvgIpc) is 2.63. The molecule has 2 rings (SSSR count). The number of anilines is 1. The number of carbonyl (C=O) groups excluding carboxylic acids is 2. The maximum absolute atomic E-state index is 12.5. The fourth-order valence-corrected chi connectivity index (χ4v) is 3.52. The number of hydrogen-bond acceptors (Lipinski definition) is 4. The molecule has 0 unspecified atom stereocenters. The van der Waals surface area contributed by atoms with Crippen LogP contribution in [0.25, 0.3) is 0 Å². The SMILES string of the molecule is CCNC(=O)[C@H](C)NC(=O)c1ccc(S(=O)(=O)Nc2ccccc2Cl)cc1. The van der Waals surface area contributed by atoms with Gasteiger partial charge in [-0.3, -0.25) is 14.3 Å². The number of carbonyl (C=O) groups is 2. The number of sulfonamides is 1. The molecular weight excluding hydrogens is 390 g/mol. The Balaban J connectivity index is 2.11.